The van der Waals surface area contributed by atoms with E-state index in [4.69, 9.17) is 0 Å². The van der Waals surface area contributed by atoms with Crippen molar-refractivity contribution in [1.29, 1.82) is 0 Å². The molecule has 0 spiro atoms. The zero-order valence-corrected chi connectivity index (χ0v) is 13.2. The lowest BCUT2D eigenvalue weighted by Crippen LogP contribution is -2.42. The predicted octanol–water partition coefficient (Wildman–Crippen LogP) is 4.32. The Labute approximate surface area is 113 Å². The van der Waals surface area contributed by atoms with Crippen LogP contribution in [0.25, 0.3) is 0 Å². The van der Waals surface area contributed by atoms with Crippen LogP contribution in [0.1, 0.15) is 60.3 Å². The summed E-state index contributed by atoms with van der Waals surface area (Å²) in [5.41, 5.74) is 0.378. The summed E-state index contributed by atoms with van der Waals surface area (Å²) in [5.74, 6) is 2.22. The van der Waals surface area contributed by atoms with Gasteiger partial charge in [0.05, 0.1) is 0 Å². The Morgan fingerprint density at radius 1 is 1.29 bits per heavy atom. The van der Waals surface area contributed by atoms with Crippen LogP contribution < -0.4 is 5.32 Å². The van der Waals surface area contributed by atoms with Crippen LogP contribution in [0.4, 0.5) is 0 Å². The van der Waals surface area contributed by atoms with Crippen molar-refractivity contribution in [3.05, 3.63) is 0 Å². The molecule has 102 valence electrons. The summed E-state index contributed by atoms with van der Waals surface area (Å²) in [6.07, 6.45) is 5.78. The molecular weight excluding hydrogens is 226 g/mol. The second-order valence-electron chi connectivity index (χ2n) is 6.70. The van der Waals surface area contributed by atoms with Crippen molar-refractivity contribution in [3.8, 4) is 0 Å². The zero-order chi connectivity index (χ0) is 12.9. The molecule has 0 aromatic rings. The average Bonchev–Trinajstić information content (AvgIpc) is 2.22. The van der Waals surface area contributed by atoms with Crippen LogP contribution in [0.2, 0.25) is 0 Å². The Balaban J connectivity index is 2.35. The molecule has 0 aromatic heterocycles. The SMILES string of the molecule is CCNC(CSC1CCCC(C)C1)C(C)(C)C. The van der Waals surface area contributed by atoms with Crippen LogP contribution in [0.15, 0.2) is 0 Å². The lowest BCUT2D eigenvalue weighted by atomic mass is 9.88. The summed E-state index contributed by atoms with van der Waals surface area (Å²) in [7, 11) is 0. The summed E-state index contributed by atoms with van der Waals surface area (Å²) in [5, 5.41) is 4.57. The van der Waals surface area contributed by atoms with Crippen molar-refractivity contribution in [2.75, 3.05) is 12.3 Å². The fourth-order valence-corrected chi connectivity index (χ4v) is 4.50. The van der Waals surface area contributed by atoms with E-state index in [-0.39, 0.29) is 0 Å². The monoisotopic (exact) mass is 257 g/mol. The highest BCUT2D eigenvalue weighted by Gasteiger charge is 2.26. The summed E-state index contributed by atoms with van der Waals surface area (Å²) in [6.45, 7) is 12.8. The molecule has 0 saturated heterocycles. The van der Waals surface area contributed by atoms with Gasteiger partial charge in [0.1, 0.15) is 0 Å². The number of hydrogen-bond donors (Lipinski definition) is 1. The summed E-state index contributed by atoms with van der Waals surface area (Å²) < 4.78 is 0. The first-order valence-electron chi connectivity index (χ1n) is 7.28. The molecule has 17 heavy (non-hydrogen) atoms. The van der Waals surface area contributed by atoms with Gasteiger partial charge in [-0.25, -0.2) is 0 Å². The number of rotatable bonds is 5. The highest BCUT2D eigenvalue weighted by molar-refractivity contribution is 7.99. The fourth-order valence-electron chi connectivity index (χ4n) is 2.62. The molecule has 1 N–H and O–H groups in total. The molecule has 1 fully saturated rings. The molecule has 3 unspecified atom stereocenters. The minimum absolute atomic E-state index is 0.378. The third kappa shape index (κ3) is 5.65. The smallest absolute Gasteiger partial charge is 0.0206 e. The minimum atomic E-state index is 0.378. The molecule has 0 amide bonds. The molecule has 1 aliphatic rings. The lowest BCUT2D eigenvalue weighted by molar-refractivity contribution is 0.294. The second kappa shape index (κ2) is 7.04. The Kier molecular flexibility index (Phi) is 6.36. The van der Waals surface area contributed by atoms with Crippen LogP contribution in [-0.2, 0) is 0 Å². The van der Waals surface area contributed by atoms with Gasteiger partial charge in [0.15, 0.2) is 0 Å². The van der Waals surface area contributed by atoms with E-state index in [1.807, 2.05) is 0 Å². The van der Waals surface area contributed by atoms with Crippen LogP contribution in [0.3, 0.4) is 0 Å². The zero-order valence-electron chi connectivity index (χ0n) is 12.4. The Hall–Kier alpha value is 0.310. The molecule has 2 heteroatoms. The Bertz CT molecular complexity index is 209. The van der Waals surface area contributed by atoms with Crippen LogP contribution >= 0.6 is 11.8 Å². The van der Waals surface area contributed by atoms with Gasteiger partial charge in [-0.05, 0) is 30.7 Å². The van der Waals surface area contributed by atoms with E-state index in [1.165, 1.54) is 31.4 Å². The van der Waals surface area contributed by atoms with Gasteiger partial charge < -0.3 is 5.32 Å². The van der Waals surface area contributed by atoms with E-state index in [9.17, 15) is 0 Å². The molecule has 1 rings (SSSR count). The molecule has 0 heterocycles. The topological polar surface area (TPSA) is 12.0 Å². The van der Waals surface area contributed by atoms with Gasteiger partial charge in [0.25, 0.3) is 0 Å². The van der Waals surface area contributed by atoms with Crippen LogP contribution in [0, 0.1) is 11.3 Å². The van der Waals surface area contributed by atoms with Gasteiger partial charge in [-0.15, -0.1) is 0 Å². The standard InChI is InChI=1S/C15H31NS/c1-6-16-14(15(3,4)5)11-17-13-9-7-8-12(2)10-13/h12-14,16H,6-11H2,1-5H3. The van der Waals surface area contributed by atoms with Crippen LogP contribution in [0.5, 0.6) is 0 Å². The molecular formula is C15H31NS. The van der Waals surface area contributed by atoms with Gasteiger partial charge in [-0.2, -0.15) is 11.8 Å². The summed E-state index contributed by atoms with van der Waals surface area (Å²) in [4.78, 5) is 0. The number of nitrogens with one attached hydrogen (secondary N) is 1. The highest BCUT2D eigenvalue weighted by Crippen LogP contribution is 2.33. The minimum Gasteiger partial charge on any atom is -0.313 e. The second-order valence-corrected chi connectivity index (χ2v) is 8.04. The molecule has 0 bridgehead atoms. The van der Waals surface area contributed by atoms with E-state index >= 15 is 0 Å². The molecule has 0 aromatic carbocycles. The van der Waals surface area contributed by atoms with Gasteiger partial charge in [-0.1, -0.05) is 47.5 Å². The fraction of sp³-hybridized carbons (Fsp3) is 1.00. The van der Waals surface area contributed by atoms with Gasteiger partial charge >= 0.3 is 0 Å². The number of hydrogen-bond acceptors (Lipinski definition) is 2. The molecule has 0 aliphatic heterocycles. The average molecular weight is 257 g/mol. The van der Waals surface area contributed by atoms with Crippen molar-refractivity contribution < 1.29 is 0 Å². The summed E-state index contributed by atoms with van der Waals surface area (Å²) in [6, 6.07) is 0.648. The third-order valence-corrected chi connectivity index (χ3v) is 5.31. The summed E-state index contributed by atoms with van der Waals surface area (Å²) >= 11 is 2.21. The Morgan fingerprint density at radius 2 is 2.00 bits per heavy atom. The lowest BCUT2D eigenvalue weighted by Gasteiger charge is -2.33. The van der Waals surface area contributed by atoms with E-state index < -0.39 is 0 Å². The van der Waals surface area contributed by atoms with E-state index in [2.05, 4.69) is 51.7 Å². The van der Waals surface area contributed by atoms with Crippen molar-refractivity contribution in [2.45, 2.75) is 71.6 Å². The molecule has 1 aliphatic carbocycles. The highest BCUT2D eigenvalue weighted by atomic mass is 32.2. The van der Waals surface area contributed by atoms with E-state index in [0.717, 1.165) is 17.7 Å². The van der Waals surface area contributed by atoms with Gasteiger partial charge in [-0.3, -0.25) is 0 Å². The van der Waals surface area contributed by atoms with E-state index in [0.29, 0.717) is 11.5 Å². The van der Waals surface area contributed by atoms with E-state index in [1.54, 1.807) is 0 Å². The van der Waals surface area contributed by atoms with Crippen molar-refractivity contribution >= 4 is 11.8 Å². The first-order chi connectivity index (χ1) is 7.93. The third-order valence-electron chi connectivity index (χ3n) is 3.88. The quantitative estimate of drug-likeness (QED) is 0.787. The normalized spacial score (nSPS) is 28.1. The predicted molar refractivity (Wildman–Crippen MR) is 80.8 cm³/mol. The largest absolute Gasteiger partial charge is 0.313 e. The first kappa shape index (κ1) is 15.4. The maximum absolute atomic E-state index is 3.65. The van der Waals surface area contributed by atoms with Crippen LogP contribution in [-0.4, -0.2) is 23.6 Å². The van der Waals surface area contributed by atoms with Gasteiger partial charge in [0.2, 0.25) is 0 Å². The van der Waals surface area contributed by atoms with Crippen molar-refractivity contribution in [1.82, 2.24) is 5.32 Å². The molecule has 1 saturated carbocycles. The first-order valence-corrected chi connectivity index (χ1v) is 8.33. The van der Waals surface area contributed by atoms with Crippen molar-refractivity contribution in [2.24, 2.45) is 11.3 Å². The van der Waals surface area contributed by atoms with Crippen molar-refractivity contribution in [3.63, 3.8) is 0 Å². The molecule has 1 nitrogen and oxygen atoms in total. The maximum atomic E-state index is 3.65. The molecule has 0 radical (unpaired) electrons. The molecule has 3 atom stereocenters. The Morgan fingerprint density at radius 3 is 2.53 bits per heavy atom. The number of thioether (sulfide) groups is 1. The van der Waals surface area contributed by atoms with Gasteiger partial charge in [0, 0.05) is 17.0 Å². The maximum Gasteiger partial charge on any atom is 0.0206 e.